The lowest BCUT2D eigenvalue weighted by molar-refractivity contribution is -0.126. The van der Waals surface area contributed by atoms with Crippen LogP contribution in [0.3, 0.4) is 0 Å². The minimum atomic E-state index is -0.202. The smallest absolute Gasteiger partial charge is 0.264 e. The molecule has 0 bridgehead atoms. The molecule has 5 heteroatoms. The summed E-state index contributed by atoms with van der Waals surface area (Å²) in [6, 6.07) is 35.5. The summed E-state index contributed by atoms with van der Waals surface area (Å²) in [5.41, 5.74) is 4.50. The van der Waals surface area contributed by atoms with E-state index in [-0.39, 0.29) is 11.5 Å². The Bertz CT molecular complexity index is 1690. The molecular formula is C33H28N4O. The van der Waals surface area contributed by atoms with Crippen LogP contribution in [-0.2, 0) is 11.3 Å². The molecule has 5 aromatic rings. The van der Waals surface area contributed by atoms with Crippen molar-refractivity contribution in [2.45, 2.75) is 6.54 Å². The molecule has 0 aliphatic carbocycles. The molecule has 0 N–H and O–H groups in total. The molecule has 4 aromatic carbocycles. The largest absolute Gasteiger partial charge is 0.368 e. The van der Waals surface area contributed by atoms with Crippen LogP contribution in [0.2, 0.25) is 0 Å². The zero-order valence-electron chi connectivity index (χ0n) is 21.1. The Morgan fingerprint density at radius 2 is 1.53 bits per heavy atom. The van der Waals surface area contributed by atoms with Crippen molar-refractivity contribution < 1.29 is 4.79 Å². The Morgan fingerprint density at radius 1 is 0.816 bits per heavy atom. The van der Waals surface area contributed by atoms with Crippen LogP contribution < -0.4 is 4.90 Å². The third-order valence-corrected chi connectivity index (χ3v) is 7.33. The monoisotopic (exact) mass is 496 g/mol. The van der Waals surface area contributed by atoms with Gasteiger partial charge in [0.2, 0.25) is 0 Å². The van der Waals surface area contributed by atoms with Gasteiger partial charge in [0.15, 0.2) is 0 Å². The summed E-state index contributed by atoms with van der Waals surface area (Å²) in [6.07, 6.45) is 3.81. The number of para-hydroxylation sites is 2. The van der Waals surface area contributed by atoms with Gasteiger partial charge in [0.25, 0.3) is 5.91 Å². The van der Waals surface area contributed by atoms with E-state index in [9.17, 15) is 10.1 Å². The fourth-order valence-corrected chi connectivity index (χ4v) is 5.33. The van der Waals surface area contributed by atoms with E-state index in [0.29, 0.717) is 19.6 Å². The molecule has 5 nitrogen and oxygen atoms in total. The average Bonchev–Trinajstić information content (AvgIpc) is 3.32. The lowest BCUT2D eigenvalue weighted by atomic mass is 10.1. The van der Waals surface area contributed by atoms with Crippen molar-refractivity contribution in [3.8, 4) is 6.07 Å². The number of anilines is 1. The molecule has 1 aromatic heterocycles. The van der Waals surface area contributed by atoms with Crippen LogP contribution in [0.4, 0.5) is 5.69 Å². The van der Waals surface area contributed by atoms with E-state index >= 15 is 0 Å². The van der Waals surface area contributed by atoms with Crippen LogP contribution in [-0.4, -0.2) is 41.6 Å². The first kappa shape index (κ1) is 23.6. The molecule has 1 amide bonds. The van der Waals surface area contributed by atoms with Gasteiger partial charge in [-0.05, 0) is 46.7 Å². The van der Waals surface area contributed by atoms with E-state index in [4.69, 9.17) is 0 Å². The Morgan fingerprint density at radius 3 is 2.32 bits per heavy atom. The number of hydrogen-bond donors (Lipinski definition) is 0. The van der Waals surface area contributed by atoms with Crippen LogP contribution in [0.1, 0.15) is 11.1 Å². The standard InChI is InChI=1S/C33H28N4O/c34-22-28(33(38)36-18-16-35(17-19-36)30-10-2-1-3-11-30)21-29-24-37(32-13-7-6-12-31(29)32)23-25-14-15-26-8-4-5-9-27(26)20-25/h1-15,20-21,24H,16-19,23H2/b28-21-. The lowest BCUT2D eigenvalue weighted by Gasteiger charge is -2.36. The van der Waals surface area contributed by atoms with E-state index < -0.39 is 0 Å². The van der Waals surface area contributed by atoms with Gasteiger partial charge >= 0.3 is 0 Å². The van der Waals surface area contributed by atoms with Gasteiger partial charge in [-0.1, -0.05) is 72.8 Å². The first-order valence-corrected chi connectivity index (χ1v) is 13.0. The Balaban J connectivity index is 1.25. The molecule has 1 fully saturated rings. The van der Waals surface area contributed by atoms with Crippen molar-refractivity contribution in [2.75, 3.05) is 31.1 Å². The molecule has 0 spiro atoms. The number of carbonyl (C=O) groups is 1. The highest BCUT2D eigenvalue weighted by molar-refractivity contribution is 6.04. The molecule has 1 aliphatic heterocycles. The van der Waals surface area contributed by atoms with Gasteiger partial charge < -0.3 is 14.4 Å². The molecule has 1 aliphatic rings. The maximum absolute atomic E-state index is 13.3. The number of piperazine rings is 1. The van der Waals surface area contributed by atoms with Gasteiger partial charge in [-0.3, -0.25) is 4.79 Å². The molecule has 0 unspecified atom stereocenters. The third kappa shape index (κ3) is 4.65. The molecule has 2 heterocycles. The van der Waals surface area contributed by atoms with Crippen LogP contribution in [0.5, 0.6) is 0 Å². The van der Waals surface area contributed by atoms with Crippen molar-refractivity contribution in [3.63, 3.8) is 0 Å². The first-order valence-electron chi connectivity index (χ1n) is 13.0. The zero-order valence-corrected chi connectivity index (χ0v) is 21.1. The summed E-state index contributed by atoms with van der Waals surface area (Å²) in [4.78, 5) is 17.4. The Kier molecular flexibility index (Phi) is 6.37. The summed E-state index contributed by atoms with van der Waals surface area (Å²) < 4.78 is 2.20. The normalized spacial score (nSPS) is 14.1. The Labute approximate surface area is 222 Å². The molecule has 1 saturated heterocycles. The van der Waals surface area contributed by atoms with Gasteiger partial charge in [-0.2, -0.15) is 5.26 Å². The van der Waals surface area contributed by atoms with Crippen LogP contribution in [0.15, 0.2) is 109 Å². The fraction of sp³-hybridized carbons (Fsp3) is 0.152. The second-order valence-corrected chi connectivity index (χ2v) is 9.70. The zero-order chi connectivity index (χ0) is 25.9. The van der Waals surface area contributed by atoms with Gasteiger partial charge in [0.05, 0.1) is 0 Å². The summed E-state index contributed by atoms with van der Waals surface area (Å²) >= 11 is 0. The summed E-state index contributed by atoms with van der Waals surface area (Å²) in [6.45, 7) is 3.39. The fourth-order valence-electron chi connectivity index (χ4n) is 5.33. The highest BCUT2D eigenvalue weighted by atomic mass is 16.2. The quantitative estimate of drug-likeness (QED) is 0.218. The second kappa shape index (κ2) is 10.3. The summed E-state index contributed by atoms with van der Waals surface area (Å²) in [5, 5.41) is 13.4. The van der Waals surface area contributed by atoms with Crippen LogP contribution in [0, 0.1) is 11.3 Å². The number of nitrogens with zero attached hydrogens (tertiary/aromatic N) is 4. The van der Waals surface area contributed by atoms with Crippen molar-refractivity contribution in [2.24, 2.45) is 0 Å². The molecule has 0 radical (unpaired) electrons. The molecule has 38 heavy (non-hydrogen) atoms. The number of amides is 1. The average molecular weight is 497 g/mol. The number of nitriles is 1. The highest BCUT2D eigenvalue weighted by Crippen LogP contribution is 2.26. The SMILES string of the molecule is N#C/C(=C/c1cn(Cc2ccc3ccccc3c2)c2ccccc12)C(=O)N1CCN(c2ccccc2)CC1. The number of hydrogen-bond acceptors (Lipinski definition) is 3. The highest BCUT2D eigenvalue weighted by Gasteiger charge is 2.24. The molecule has 186 valence electrons. The predicted molar refractivity (Wildman–Crippen MR) is 154 cm³/mol. The van der Waals surface area contributed by atoms with E-state index in [1.54, 1.807) is 11.0 Å². The predicted octanol–water partition coefficient (Wildman–Crippen LogP) is 6.10. The number of benzene rings is 4. The maximum atomic E-state index is 13.3. The molecule has 6 rings (SSSR count). The van der Waals surface area contributed by atoms with Gasteiger partial charge in [-0.15, -0.1) is 0 Å². The number of fused-ring (bicyclic) bond motifs is 2. The summed E-state index contributed by atoms with van der Waals surface area (Å²) in [5.74, 6) is -0.202. The minimum Gasteiger partial charge on any atom is -0.368 e. The van der Waals surface area contributed by atoms with Crippen molar-refractivity contribution in [1.82, 2.24) is 9.47 Å². The van der Waals surface area contributed by atoms with Crippen LogP contribution >= 0.6 is 0 Å². The molecule has 0 atom stereocenters. The minimum absolute atomic E-state index is 0.173. The number of rotatable bonds is 5. The van der Waals surface area contributed by atoms with Crippen LogP contribution in [0.25, 0.3) is 27.8 Å². The first-order chi connectivity index (χ1) is 18.7. The van der Waals surface area contributed by atoms with Gasteiger partial charge in [0.1, 0.15) is 11.6 Å². The van der Waals surface area contributed by atoms with Gasteiger partial charge in [-0.25, -0.2) is 0 Å². The molecule has 0 saturated carbocycles. The van der Waals surface area contributed by atoms with Crippen molar-refractivity contribution in [1.29, 1.82) is 5.26 Å². The van der Waals surface area contributed by atoms with Crippen molar-refractivity contribution >= 4 is 39.3 Å². The Hall–Kier alpha value is -4.82. The third-order valence-electron chi connectivity index (χ3n) is 7.33. The number of carbonyl (C=O) groups excluding carboxylic acids is 1. The van der Waals surface area contributed by atoms with E-state index in [1.165, 1.54) is 16.3 Å². The number of aromatic nitrogens is 1. The van der Waals surface area contributed by atoms with E-state index in [1.807, 2.05) is 30.3 Å². The topological polar surface area (TPSA) is 52.3 Å². The van der Waals surface area contributed by atoms with Gasteiger partial charge in [0, 0.05) is 61.1 Å². The molecular weight excluding hydrogens is 468 g/mol. The summed E-state index contributed by atoms with van der Waals surface area (Å²) in [7, 11) is 0. The van der Waals surface area contributed by atoms with E-state index in [0.717, 1.165) is 35.2 Å². The lowest BCUT2D eigenvalue weighted by Crippen LogP contribution is -2.49. The van der Waals surface area contributed by atoms with Crippen molar-refractivity contribution in [3.05, 3.63) is 120 Å². The maximum Gasteiger partial charge on any atom is 0.264 e. The van der Waals surface area contributed by atoms with E-state index in [2.05, 4.69) is 88.5 Å². The second-order valence-electron chi connectivity index (χ2n) is 9.70.